The molecular weight excluding hydrogens is 547 g/mol. The second kappa shape index (κ2) is 14.6. The van der Waals surface area contributed by atoms with Gasteiger partial charge in [0.15, 0.2) is 23.0 Å². The van der Waals surface area contributed by atoms with E-state index in [-0.39, 0.29) is 89.6 Å². The Morgan fingerprint density at radius 2 is 1.19 bits per heavy atom. The van der Waals surface area contributed by atoms with Crippen LogP contribution in [0.15, 0.2) is 76.5 Å². The number of phenols is 1. The van der Waals surface area contributed by atoms with Crippen LogP contribution >= 0.6 is 0 Å². The molecule has 0 fully saturated rings. The standard InChI is InChI=1S/C14H12O6S.C7H8O5S.K.H2O/c1-19-12-8-7-11(21(16,17)18)9-13(12)20-14(15)10-5-3-2-4-6-10;1-12-7-3-2-5(4-6(7)8)13(9,10)11;;/h2-9H,1H3,(H,16,17,18);2-4,8H,1H3,(H,9,10,11);;1H2/q;;+1;/p-1. The molecule has 15 heteroatoms. The van der Waals surface area contributed by atoms with E-state index in [2.05, 4.69) is 4.74 Å². The first-order valence-electron chi connectivity index (χ1n) is 9.14. The Balaban J connectivity index is 0.000000711. The first-order valence-corrected chi connectivity index (χ1v) is 12.0. The van der Waals surface area contributed by atoms with Gasteiger partial charge in [0.1, 0.15) is 0 Å². The van der Waals surface area contributed by atoms with E-state index in [1.165, 1.54) is 26.4 Å². The molecule has 36 heavy (non-hydrogen) atoms. The molecule has 0 saturated carbocycles. The molecular formula is C21H21KO12S2. The Bertz CT molecular complexity index is 1380. The molecule has 0 aromatic heterocycles. The van der Waals surface area contributed by atoms with Gasteiger partial charge in [-0.1, -0.05) is 18.2 Å². The maximum absolute atomic E-state index is 12.0. The number of aromatic hydroxyl groups is 1. The topological polar surface area (TPSA) is 204 Å². The van der Waals surface area contributed by atoms with Gasteiger partial charge in [-0.3, -0.25) is 9.11 Å². The summed E-state index contributed by atoms with van der Waals surface area (Å²) in [7, 11) is -5.98. The minimum absolute atomic E-state index is 0. The molecule has 3 rings (SSSR count). The molecule has 0 aliphatic rings. The number of rotatable bonds is 6. The summed E-state index contributed by atoms with van der Waals surface area (Å²) in [5.41, 5.74) is 0.303. The second-order valence-corrected chi connectivity index (χ2v) is 9.20. The molecule has 0 radical (unpaired) electrons. The average Bonchev–Trinajstić information content (AvgIpc) is 2.78. The Morgan fingerprint density at radius 3 is 1.64 bits per heavy atom. The van der Waals surface area contributed by atoms with Gasteiger partial charge in [-0.2, -0.15) is 16.8 Å². The van der Waals surface area contributed by atoms with E-state index in [9.17, 15) is 21.6 Å². The van der Waals surface area contributed by atoms with Crippen molar-refractivity contribution in [2.75, 3.05) is 14.2 Å². The maximum Gasteiger partial charge on any atom is 1.00 e. The quantitative estimate of drug-likeness (QED) is 0.151. The first-order chi connectivity index (χ1) is 15.9. The van der Waals surface area contributed by atoms with E-state index >= 15 is 0 Å². The Morgan fingerprint density at radius 1 is 0.722 bits per heavy atom. The number of carbonyl (C=O) groups is 1. The number of esters is 1. The molecule has 3 aromatic rings. The van der Waals surface area contributed by atoms with Crippen molar-refractivity contribution in [1.29, 1.82) is 0 Å². The first kappa shape index (κ1) is 33.9. The molecule has 0 spiro atoms. The van der Waals surface area contributed by atoms with E-state index in [0.29, 0.717) is 5.56 Å². The van der Waals surface area contributed by atoms with Crippen molar-refractivity contribution in [2.45, 2.75) is 9.79 Å². The Hall–Kier alpha value is -2.05. The third-order valence-corrected chi connectivity index (χ3v) is 5.79. The monoisotopic (exact) mass is 568 g/mol. The van der Waals surface area contributed by atoms with Crippen LogP contribution in [-0.2, 0) is 20.2 Å². The molecule has 0 atom stereocenters. The molecule has 0 aliphatic heterocycles. The van der Waals surface area contributed by atoms with Crippen LogP contribution in [0.2, 0.25) is 0 Å². The molecule has 0 bridgehead atoms. The van der Waals surface area contributed by atoms with Gasteiger partial charge in [0.05, 0.1) is 29.6 Å². The van der Waals surface area contributed by atoms with Gasteiger partial charge in [0, 0.05) is 12.1 Å². The molecule has 0 unspecified atom stereocenters. The van der Waals surface area contributed by atoms with Gasteiger partial charge in [-0.25, -0.2) is 4.79 Å². The van der Waals surface area contributed by atoms with Gasteiger partial charge < -0.3 is 24.8 Å². The van der Waals surface area contributed by atoms with Gasteiger partial charge in [-0.05, 0) is 36.4 Å². The van der Waals surface area contributed by atoms with Crippen molar-refractivity contribution in [2.24, 2.45) is 0 Å². The summed E-state index contributed by atoms with van der Waals surface area (Å²) in [6.45, 7) is 0. The van der Waals surface area contributed by atoms with E-state index in [1.807, 2.05) is 0 Å². The van der Waals surface area contributed by atoms with Gasteiger partial charge in [-0.15, -0.1) is 0 Å². The van der Waals surface area contributed by atoms with Crippen molar-refractivity contribution in [1.82, 2.24) is 0 Å². The normalized spacial score (nSPS) is 10.4. The van der Waals surface area contributed by atoms with E-state index in [0.717, 1.165) is 24.3 Å². The van der Waals surface area contributed by atoms with Crippen LogP contribution in [-0.4, -0.2) is 56.7 Å². The summed E-state index contributed by atoms with van der Waals surface area (Å²) in [6.07, 6.45) is 0. The van der Waals surface area contributed by atoms with Crippen molar-refractivity contribution < 1.29 is 107 Å². The fourth-order valence-electron chi connectivity index (χ4n) is 2.46. The van der Waals surface area contributed by atoms with Gasteiger partial charge in [0.25, 0.3) is 20.2 Å². The van der Waals surface area contributed by atoms with Crippen LogP contribution in [0.25, 0.3) is 0 Å². The minimum Gasteiger partial charge on any atom is -0.870 e. The number of methoxy groups -OCH3 is 2. The summed E-state index contributed by atoms with van der Waals surface area (Å²) in [5, 5.41) is 9.15. The van der Waals surface area contributed by atoms with Crippen LogP contribution in [0.5, 0.6) is 23.0 Å². The zero-order valence-electron chi connectivity index (χ0n) is 19.2. The van der Waals surface area contributed by atoms with Crippen LogP contribution in [0, 0.1) is 0 Å². The molecule has 190 valence electrons. The molecule has 0 aliphatic carbocycles. The summed E-state index contributed by atoms with van der Waals surface area (Å²) < 4.78 is 75.8. The largest absolute Gasteiger partial charge is 1.00 e. The fraction of sp³-hybridized carbons (Fsp3) is 0.0952. The predicted molar refractivity (Wildman–Crippen MR) is 121 cm³/mol. The molecule has 0 heterocycles. The number of carbonyl (C=O) groups excluding carboxylic acids is 1. The summed E-state index contributed by atoms with van der Waals surface area (Å²) in [4.78, 5) is 11.2. The molecule has 0 amide bonds. The van der Waals surface area contributed by atoms with Crippen molar-refractivity contribution >= 4 is 26.2 Å². The third-order valence-electron chi connectivity index (χ3n) is 4.09. The average molecular weight is 569 g/mol. The maximum atomic E-state index is 12.0. The second-order valence-electron chi connectivity index (χ2n) is 6.35. The smallest absolute Gasteiger partial charge is 0.870 e. The Labute approximate surface area is 250 Å². The van der Waals surface area contributed by atoms with Crippen molar-refractivity contribution in [3.63, 3.8) is 0 Å². The Kier molecular flexibility index (Phi) is 13.8. The summed E-state index contributed by atoms with van der Waals surface area (Å²) in [6, 6.07) is 14.9. The van der Waals surface area contributed by atoms with Crippen molar-refractivity contribution in [3.8, 4) is 23.0 Å². The van der Waals surface area contributed by atoms with Crippen LogP contribution in [0.1, 0.15) is 10.4 Å². The number of ether oxygens (including phenoxy) is 3. The SMILES string of the molecule is COc1ccc(S(=O)(=O)O)cc1O.COc1ccc(S(=O)(=O)O)cc1OC(=O)c1ccccc1.[K+].[OH-]. The third kappa shape index (κ3) is 9.77. The van der Waals surface area contributed by atoms with Crippen LogP contribution in [0.3, 0.4) is 0 Å². The fourth-order valence-corrected chi connectivity index (χ4v) is 3.46. The molecule has 3 aromatic carbocycles. The van der Waals surface area contributed by atoms with E-state index in [1.54, 1.807) is 30.3 Å². The summed E-state index contributed by atoms with van der Waals surface area (Å²) in [5.74, 6) is -0.778. The number of hydrogen-bond acceptors (Lipinski definition) is 10. The van der Waals surface area contributed by atoms with Crippen molar-refractivity contribution in [3.05, 3.63) is 72.3 Å². The molecule has 12 nitrogen and oxygen atoms in total. The van der Waals surface area contributed by atoms with Crippen LogP contribution < -0.4 is 65.6 Å². The van der Waals surface area contributed by atoms with E-state index in [4.69, 9.17) is 23.7 Å². The number of benzene rings is 3. The summed E-state index contributed by atoms with van der Waals surface area (Å²) >= 11 is 0. The van der Waals surface area contributed by atoms with Gasteiger partial charge in [0.2, 0.25) is 0 Å². The van der Waals surface area contributed by atoms with E-state index < -0.39 is 26.2 Å². The molecule has 0 saturated heterocycles. The molecule has 4 N–H and O–H groups in total. The number of phenolic OH excluding ortho intramolecular Hbond substituents is 1. The minimum atomic E-state index is -4.40. The predicted octanol–water partition coefficient (Wildman–Crippen LogP) is -0.364. The zero-order valence-corrected chi connectivity index (χ0v) is 24.0. The zero-order chi connectivity index (χ0) is 25.5. The van der Waals surface area contributed by atoms with Gasteiger partial charge >= 0.3 is 57.4 Å². The van der Waals surface area contributed by atoms with Crippen LogP contribution in [0.4, 0.5) is 0 Å². The number of hydrogen-bond donors (Lipinski definition) is 3.